The van der Waals surface area contributed by atoms with E-state index < -0.39 is 0 Å². The van der Waals surface area contributed by atoms with E-state index in [2.05, 4.69) is 31.2 Å². The molecule has 4 N–H and O–H groups in total. The number of benzene rings is 2. The second kappa shape index (κ2) is 10.1. The largest absolute Gasteiger partial charge is 0.343 e. The average Bonchev–Trinajstić information content (AvgIpc) is 3.50. The number of amides is 2. The molecule has 0 spiro atoms. The fourth-order valence-electron chi connectivity index (χ4n) is 3.11. The summed E-state index contributed by atoms with van der Waals surface area (Å²) in [7, 11) is 3.72. The summed E-state index contributed by atoms with van der Waals surface area (Å²) in [4.78, 5) is 29.2. The number of carbonyl (C=O) groups excluding carboxylic acids is 2. The molecule has 33 heavy (non-hydrogen) atoms. The van der Waals surface area contributed by atoms with Gasteiger partial charge in [0.25, 0.3) is 5.91 Å². The Kier molecular flexibility index (Phi) is 6.77. The second-order valence-corrected chi connectivity index (χ2v) is 8.25. The number of nitrogens with zero attached hydrogens (tertiary/aromatic N) is 3. The maximum absolute atomic E-state index is 12.4. The Bertz CT molecular complexity index is 1230. The van der Waals surface area contributed by atoms with E-state index in [1.807, 2.05) is 55.9 Å². The Morgan fingerprint density at radius 2 is 1.79 bits per heavy atom. The molecule has 4 rings (SSSR count). The third-order valence-corrected chi connectivity index (χ3v) is 5.37. The molecule has 10 heteroatoms. The number of H-pyrrole nitrogens is 1. The highest BCUT2D eigenvalue weighted by molar-refractivity contribution is 7.14. The lowest BCUT2D eigenvalue weighted by molar-refractivity contribution is -0.115. The van der Waals surface area contributed by atoms with Crippen LogP contribution < -0.4 is 16.1 Å². The van der Waals surface area contributed by atoms with Crippen molar-refractivity contribution < 1.29 is 9.59 Å². The molecular weight excluding hydrogens is 438 g/mol. The summed E-state index contributed by atoms with van der Waals surface area (Å²) in [6, 6.07) is 16.8. The maximum atomic E-state index is 12.4. The van der Waals surface area contributed by atoms with E-state index in [9.17, 15) is 9.59 Å². The van der Waals surface area contributed by atoms with Crippen LogP contribution in [0.1, 0.15) is 10.4 Å². The zero-order valence-electron chi connectivity index (χ0n) is 18.1. The molecule has 2 aromatic heterocycles. The molecule has 2 heterocycles. The third-order valence-electron chi connectivity index (χ3n) is 4.61. The number of hydrazine groups is 1. The minimum Gasteiger partial charge on any atom is -0.343 e. The van der Waals surface area contributed by atoms with E-state index in [1.165, 1.54) is 11.3 Å². The Morgan fingerprint density at radius 3 is 2.48 bits per heavy atom. The zero-order chi connectivity index (χ0) is 23.2. The SMILES string of the molecule is CN(C)Nc1cccc(C(=O)NCC(=O)Nc2nc(-c3ccc(-c4cc[nH]n4)cc3)cs2)c1. The molecule has 4 aromatic rings. The van der Waals surface area contributed by atoms with Crippen LogP contribution >= 0.6 is 11.3 Å². The number of aromatic amines is 1. The molecule has 0 aliphatic carbocycles. The summed E-state index contributed by atoms with van der Waals surface area (Å²) < 4.78 is 0. The fraction of sp³-hybridized carbons (Fsp3) is 0.130. The summed E-state index contributed by atoms with van der Waals surface area (Å²) >= 11 is 1.33. The summed E-state index contributed by atoms with van der Waals surface area (Å²) in [6.45, 7) is -0.155. The highest BCUT2D eigenvalue weighted by atomic mass is 32.1. The van der Waals surface area contributed by atoms with Crippen LogP contribution in [0.5, 0.6) is 0 Å². The molecule has 2 aromatic carbocycles. The van der Waals surface area contributed by atoms with Crippen LogP contribution in [0.25, 0.3) is 22.5 Å². The van der Waals surface area contributed by atoms with Crippen LogP contribution in [0.3, 0.4) is 0 Å². The highest BCUT2D eigenvalue weighted by Gasteiger charge is 2.12. The van der Waals surface area contributed by atoms with Crippen molar-refractivity contribution in [3.05, 3.63) is 71.7 Å². The zero-order valence-corrected chi connectivity index (χ0v) is 18.9. The Labute approximate surface area is 194 Å². The lowest BCUT2D eigenvalue weighted by atomic mass is 10.1. The van der Waals surface area contributed by atoms with Gasteiger partial charge in [-0.15, -0.1) is 11.3 Å². The first-order chi connectivity index (χ1) is 16.0. The Hall–Kier alpha value is -4.02. The van der Waals surface area contributed by atoms with Crippen LogP contribution in [0.15, 0.2) is 66.2 Å². The summed E-state index contributed by atoms with van der Waals surface area (Å²) in [5, 5.41) is 16.5. The number of aromatic nitrogens is 3. The molecule has 0 fully saturated rings. The molecule has 0 atom stereocenters. The maximum Gasteiger partial charge on any atom is 0.251 e. The average molecular weight is 462 g/mol. The number of anilines is 2. The Balaban J connectivity index is 1.31. The van der Waals surface area contributed by atoms with Gasteiger partial charge in [0.1, 0.15) is 0 Å². The standard InChI is InChI=1S/C23H23N7O2S/c1-30(2)29-18-5-3-4-17(12-18)22(32)24-13-21(31)27-23-26-20(14-33-23)16-8-6-15(7-9-16)19-10-11-25-28-19/h3-12,14,29H,13H2,1-2H3,(H,24,32)(H,25,28)(H,26,27,31). The van der Waals surface area contributed by atoms with E-state index in [4.69, 9.17) is 0 Å². The van der Waals surface area contributed by atoms with E-state index >= 15 is 0 Å². The van der Waals surface area contributed by atoms with Gasteiger partial charge in [-0.3, -0.25) is 14.7 Å². The van der Waals surface area contributed by atoms with E-state index in [1.54, 1.807) is 29.4 Å². The lowest BCUT2D eigenvalue weighted by Gasteiger charge is -2.14. The molecule has 0 radical (unpaired) electrons. The van der Waals surface area contributed by atoms with Crippen molar-refractivity contribution in [1.82, 2.24) is 25.5 Å². The van der Waals surface area contributed by atoms with Crippen molar-refractivity contribution in [2.24, 2.45) is 0 Å². The quantitative estimate of drug-likeness (QED) is 0.299. The van der Waals surface area contributed by atoms with Crippen molar-refractivity contribution in [3.8, 4) is 22.5 Å². The van der Waals surface area contributed by atoms with Crippen molar-refractivity contribution in [2.45, 2.75) is 0 Å². The first-order valence-corrected chi connectivity index (χ1v) is 11.0. The molecule has 0 bridgehead atoms. The van der Waals surface area contributed by atoms with Crippen LogP contribution in [-0.2, 0) is 4.79 Å². The van der Waals surface area contributed by atoms with Gasteiger partial charge in [-0.05, 0) is 24.3 Å². The summed E-state index contributed by atoms with van der Waals surface area (Å²) in [5.74, 6) is -0.676. The third kappa shape index (κ3) is 5.82. The monoisotopic (exact) mass is 461 g/mol. The van der Waals surface area contributed by atoms with Gasteiger partial charge in [0, 0.05) is 48.0 Å². The molecule has 0 unspecified atom stereocenters. The number of rotatable bonds is 8. The molecular formula is C23H23N7O2S. The molecule has 2 amide bonds. The molecule has 168 valence electrons. The normalized spacial score (nSPS) is 10.8. The van der Waals surface area contributed by atoms with Gasteiger partial charge in [-0.2, -0.15) is 5.10 Å². The Morgan fingerprint density at radius 1 is 1.03 bits per heavy atom. The van der Waals surface area contributed by atoms with Crippen molar-refractivity contribution in [1.29, 1.82) is 0 Å². The smallest absolute Gasteiger partial charge is 0.251 e. The van der Waals surface area contributed by atoms with Gasteiger partial charge in [-0.25, -0.2) is 9.99 Å². The van der Waals surface area contributed by atoms with Gasteiger partial charge in [0.2, 0.25) is 5.91 Å². The lowest BCUT2D eigenvalue weighted by Crippen LogP contribution is -2.32. The fourth-order valence-corrected chi connectivity index (χ4v) is 3.85. The molecule has 0 saturated heterocycles. The number of thiazole rings is 1. The summed E-state index contributed by atoms with van der Waals surface area (Å²) in [6.07, 6.45) is 1.78. The molecule has 0 aliphatic rings. The van der Waals surface area contributed by atoms with E-state index in [0.29, 0.717) is 10.7 Å². The number of hydrogen-bond acceptors (Lipinski definition) is 7. The topological polar surface area (TPSA) is 115 Å². The predicted molar refractivity (Wildman–Crippen MR) is 130 cm³/mol. The van der Waals surface area contributed by atoms with Crippen LogP contribution in [0.4, 0.5) is 10.8 Å². The molecule has 0 aliphatic heterocycles. The minimum atomic E-state index is -0.347. The van der Waals surface area contributed by atoms with Crippen LogP contribution in [0.2, 0.25) is 0 Å². The summed E-state index contributed by atoms with van der Waals surface area (Å²) in [5.41, 5.74) is 7.90. The number of nitrogens with one attached hydrogen (secondary N) is 4. The van der Waals surface area contributed by atoms with Gasteiger partial charge >= 0.3 is 0 Å². The van der Waals surface area contributed by atoms with Gasteiger partial charge < -0.3 is 16.1 Å². The van der Waals surface area contributed by atoms with Crippen LogP contribution in [-0.4, -0.2) is 52.6 Å². The molecule has 0 saturated carbocycles. The van der Waals surface area contributed by atoms with Crippen molar-refractivity contribution >= 4 is 34.0 Å². The minimum absolute atomic E-state index is 0.155. The van der Waals surface area contributed by atoms with Crippen molar-refractivity contribution in [3.63, 3.8) is 0 Å². The second-order valence-electron chi connectivity index (χ2n) is 7.39. The van der Waals surface area contributed by atoms with E-state index in [0.717, 1.165) is 28.2 Å². The number of hydrogen-bond donors (Lipinski definition) is 4. The van der Waals surface area contributed by atoms with Crippen molar-refractivity contribution in [2.75, 3.05) is 31.4 Å². The number of carbonyl (C=O) groups is 2. The van der Waals surface area contributed by atoms with Crippen LogP contribution in [0, 0.1) is 0 Å². The highest BCUT2D eigenvalue weighted by Crippen LogP contribution is 2.27. The first-order valence-electron chi connectivity index (χ1n) is 10.2. The van der Waals surface area contributed by atoms with Gasteiger partial charge in [-0.1, -0.05) is 30.3 Å². The van der Waals surface area contributed by atoms with E-state index in [-0.39, 0.29) is 18.4 Å². The predicted octanol–water partition coefficient (Wildman–Crippen LogP) is 3.46. The molecule has 9 nitrogen and oxygen atoms in total. The van der Waals surface area contributed by atoms with Gasteiger partial charge in [0.05, 0.1) is 17.9 Å². The first kappa shape index (κ1) is 22.2. The van der Waals surface area contributed by atoms with Gasteiger partial charge in [0.15, 0.2) is 5.13 Å².